The van der Waals surface area contributed by atoms with Gasteiger partial charge >= 0.3 is 0 Å². The molecule has 3 aromatic rings. The molecule has 0 saturated heterocycles. The smallest absolute Gasteiger partial charge is 0.243 e. The molecule has 0 unspecified atom stereocenters. The quantitative estimate of drug-likeness (QED) is 0.405. The molecule has 2 amide bonds. The first kappa shape index (κ1) is 25.5. The number of imidazole rings is 1. The van der Waals surface area contributed by atoms with Crippen molar-refractivity contribution in [2.75, 3.05) is 0 Å². The minimum absolute atomic E-state index is 0.000163. The van der Waals surface area contributed by atoms with Crippen molar-refractivity contribution in [2.45, 2.75) is 102 Å². The number of aryl methyl sites for hydroxylation is 1. The number of para-hydroxylation sites is 2. The topological polar surface area (TPSA) is 67.2 Å². The van der Waals surface area contributed by atoms with Crippen LogP contribution in [-0.2, 0) is 29.1 Å². The summed E-state index contributed by atoms with van der Waals surface area (Å²) in [5.41, 5.74) is 2.98. The molecule has 0 aliphatic heterocycles. The third kappa shape index (κ3) is 6.41. The molecule has 1 N–H and O–H groups in total. The minimum atomic E-state index is -0.000163. The van der Waals surface area contributed by atoms with Crippen molar-refractivity contribution in [2.24, 2.45) is 0 Å². The van der Waals surface area contributed by atoms with Crippen molar-refractivity contribution in [1.82, 2.24) is 19.8 Å². The van der Waals surface area contributed by atoms with Crippen LogP contribution in [0.15, 0.2) is 54.6 Å². The Kier molecular flexibility index (Phi) is 8.54. The Labute approximate surface area is 220 Å². The maximum atomic E-state index is 14.0. The Morgan fingerprint density at radius 3 is 2.14 bits per heavy atom. The van der Waals surface area contributed by atoms with Gasteiger partial charge in [0.05, 0.1) is 17.6 Å². The second-order valence-corrected chi connectivity index (χ2v) is 10.7. The van der Waals surface area contributed by atoms with Gasteiger partial charge in [0.2, 0.25) is 11.8 Å². The molecule has 2 aliphatic carbocycles. The zero-order valence-corrected chi connectivity index (χ0v) is 21.9. The number of nitrogens with one attached hydrogen (secondary N) is 1. The highest BCUT2D eigenvalue weighted by Gasteiger charge is 2.33. The summed E-state index contributed by atoms with van der Waals surface area (Å²) in [5, 5.41) is 3.05. The molecular weight excluding hydrogens is 460 g/mol. The second kappa shape index (κ2) is 12.4. The van der Waals surface area contributed by atoms with Crippen LogP contribution in [0.25, 0.3) is 11.0 Å². The highest BCUT2D eigenvalue weighted by Crippen LogP contribution is 2.31. The van der Waals surface area contributed by atoms with Crippen molar-refractivity contribution in [3.63, 3.8) is 0 Å². The first-order valence-corrected chi connectivity index (χ1v) is 14.2. The van der Waals surface area contributed by atoms with Gasteiger partial charge in [0.25, 0.3) is 0 Å². The van der Waals surface area contributed by atoms with E-state index in [4.69, 9.17) is 4.98 Å². The average Bonchev–Trinajstić information content (AvgIpc) is 3.29. The van der Waals surface area contributed by atoms with Crippen LogP contribution in [-0.4, -0.2) is 38.3 Å². The molecular formula is C31H40N4O2. The fourth-order valence-electron chi connectivity index (χ4n) is 6.25. The van der Waals surface area contributed by atoms with E-state index in [0.29, 0.717) is 31.5 Å². The molecule has 1 aromatic heterocycles. The van der Waals surface area contributed by atoms with Gasteiger partial charge in [-0.3, -0.25) is 9.59 Å². The molecule has 6 heteroatoms. The van der Waals surface area contributed by atoms with Crippen LogP contribution in [0.1, 0.15) is 82.0 Å². The molecule has 196 valence electrons. The van der Waals surface area contributed by atoms with Crippen LogP contribution in [0.5, 0.6) is 0 Å². The molecule has 0 atom stereocenters. The van der Waals surface area contributed by atoms with Crippen LogP contribution in [0.3, 0.4) is 0 Å². The van der Waals surface area contributed by atoms with Crippen LogP contribution in [0.2, 0.25) is 0 Å². The van der Waals surface area contributed by atoms with E-state index in [0.717, 1.165) is 48.1 Å². The van der Waals surface area contributed by atoms with Crippen LogP contribution < -0.4 is 5.32 Å². The lowest BCUT2D eigenvalue weighted by atomic mass is 9.88. The van der Waals surface area contributed by atoms with Gasteiger partial charge in [-0.25, -0.2) is 4.98 Å². The van der Waals surface area contributed by atoms with Gasteiger partial charge in [-0.15, -0.1) is 0 Å². The van der Waals surface area contributed by atoms with Crippen molar-refractivity contribution < 1.29 is 9.59 Å². The predicted octanol–water partition coefficient (Wildman–Crippen LogP) is 5.78. The van der Waals surface area contributed by atoms with E-state index in [2.05, 4.69) is 10.2 Å². The Balaban J connectivity index is 1.31. The molecule has 1 heterocycles. The maximum Gasteiger partial charge on any atom is 0.243 e. The lowest BCUT2D eigenvalue weighted by molar-refractivity contribution is -0.138. The molecule has 2 saturated carbocycles. The number of carbonyl (C=O) groups is 2. The van der Waals surface area contributed by atoms with E-state index >= 15 is 0 Å². The van der Waals surface area contributed by atoms with Crippen molar-refractivity contribution in [3.05, 3.63) is 66.0 Å². The summed E-state index contributed by atoms with van der Waals surface area (Å²) in [7, 11) is 0. The number of hydrogen-bond donors (Lipinski definition) is 1. The molecule has 5 rings (SSSR count). The Morgan fingerprint density at radius 1 is 0.838 bits per heavy atom. The van der Waals surface area contributed by atoms with Gasteiger partial charge in [-0.1, -0.05) is 81.0 Å². The fourth-order valence-corrected chi connectivity index (χ4v) is 6.25. The summed E-state index contributed by atoms with van der Waals surface area (Å²) >= 11 is 0. The molecule has 0 radical (unpaired) electrons. The Hall–Kier alpha value is -3.15. The fraction of sp³-hybridized carbons (Fsp3) is 0.516. The molecule has 0 bridgehead atoms. The number of hydrogen-bond acceptors (Lipinski definition) is 3. The number of nitrogens with zero attached hydrogens (tertiary/aromatic N) is 3. The lowest BCUT2D eigenvalue weighted by Gasteiger charge is -2.42. The van der Waals surface area contributed by atoms with Crippen molar-refractivity contribution in [3.8, 4) is 0 Å². The summed E-state index contributed by atoms with van der Waals surface area (Å²) in [6, 6.07) is 18.8. The second-order valence-electron chi connectivity index (χ2n) is 10.7. The predicted molar refractivity (Wildman–Crippen MR) is 147 cm³/mol. The Morgan fingerprint density at radius 2 is 1.46 bits per heavy atom. The molecule has 2 aromatic carbocycles. The zero-order valence-electron chi connectivity index (χ0n) is 21.9. The minimum Gasteiger partial charge on any atom is -0.349 e. The molecule has 2 fully saturated rings. The van der Waals surface area contributed by atoms with Gasteiger partial charge in [0, 0.05) is 18.5 Å². The van der Waals surface area contributed by atoms with E-state index in [1.807, 2.05) is 59.2 Å². The highest BCUT2D eigenvalue weighted by molar-refractivity contribution is 5.82. The lowest BCUT2D eigenvalue weighted by Crippen LogP contribution is -2.50. The van der Waals surface area contributed by atoms with E-state index < -0.39 is 0 Å². The SMILES string of the molecule is O=C(CCc1ccccc1)NCc1nc2ccccc2n1CC(=O)N(C1CCCCC1)C1CCCCC1. The summed E-state index contributed by atoms with van der Waals surface area (Å²) in [4.78, 5) is 33.7. The summed E-state index contributed by atoms with van der Waals surface area (Å²) in [6.07, 6.45) is 13.1. The molecule has 37 heavy (non-hydrogen) atoms. The first-order chi connectivity index (χ1) is 18.2. The number of amides is 2. The van der Waals surface area contributed by atoms with Crippen LogP contribution >= 0.6 is 0 Å². The van der Waals surface area contributed by atoms with Crippen LogP contribution in [0, 0.1) is 0 Å². The highest BCUT2D eigenvalue weighted by atomic mass is 16.2. The molecule has 6 nitrogen and oxygen atoms in total. The van der Waals surface area contributed by atoms with E-state index in [1.165, 1.54) is 38.5 Å². The molecule has 2 aliphatic rings. The average molecular weight is 501 g/mol. The normalized spacial score (nSPS) is 17.1. The number of benzene rings is 2. The standard InChI is InChI=1S/C31H40N4O2/c36-30(21-20-24-12-4-1-5-13-24)32-22-29-33-27-18-10-11-19-28(27)34(29)23-31(37)35(25-14-6-2-7-15-25)26-16-8-3-9-17-26/h1,4-5,10-13,18-19,25-26H,2-3,6-9,14-17,20-23H2,(H,32,36). The number of fused-ring (bicyclic) bond motifs is 1. The summed E-state index contributed by atoms with van der Waals surface area (Å²) in [5.74, 6) is 0.952. The number of carbonyl (C=O) groups excluding carboxylic acids is 2. The first-order valence-electron chi connectivity index (χ1n) is 14.2. The Bertz CT molecular complexity index is 1160. The van der Waals surface area contributed by atoms with Gasteiger partial charge < -0.3 is 14.8 Å². The van der Waals surface area contributed by atoms with Crippen molar-refractivity contribution in [1.29, 1.82) is 0 Å². The zero-order chi connectivity index (χ0) is 25.5. The van der Waals surface area contributed by atoms with E-state index in [9.17, 15) is 9.59 Å². The van der Waals surface area contributed by atoms with Gasteiger partial charge in [0.15, 0.2) is 0 Å². The van der Waals surface area contributed by atoms with Crippen LogP contribution in [0.4, 0.5) is 0 Å². The summed E-state index contributed by atoms with van der Waals surface area (Å²) in [6.45, 7) is 0.602. The summed E-state index contributed by atoms with van der Waals surface area (Å²) < 4.78 is 2.04. The van der Waals surface area contributed by atoms with Gasteiger partial charge in [-0.2, -0.15) is 0 Å². The number of rotatable bonds is 9. The van der Waals surface area contributed by atoms with Gasteiger partial charge in [-0.05, 0) is 49.8 Å². The van der Waals surface area contributed by atoms with E-state index in [-0.39, 0.29) is 18.4 Å². The third-order valence-electron chi connectivity index (χ3n) is 8.18. The molecule has 0 spiro atoms. The number of aromatic nitrogens is 2. The largest absolute Gasteiger partial charge is 0.349 e. The third-order valence-corrected chi connectivity index (χ3v) is 8.18. The monoisotopic (exact) mass is 500 g/mol. The van der Waals surface area contributed by atoms with Gasteiger partial charge in [0.1, 0.15) is 12.4 Å². The van der Waals surface area contributed by atoms with E-state index in [1.54, 1.807) is 0 Å². The van der Waals surface area contributed by atoms with Crippen molar-refractivity contribution >= 4 is 22.8 Å². The maximum absolute atomic E-state index is 14.0.